The quantitative estimate of drug-likeness (QED) is 0.748. The van der Waals surface area contributed by atoms with E-state index in [1.807, 2.05) is 11.8 Å². The van der Waals surface area contributed by atoms with Crippen molar-refractivity contribution in [2.24, 2.45) is 0 Å². The molecule has 1 heterocycles. The zero-order chi connectivity index (χ0) is 12.0. The Labute approximate surface area is 106 Å². The van der Waals surface area contributed by atoms with Crippen molar-refractivity contribution >= 4 is 11.8 Å². The molecule has 0 aromatic rings. The molecule has 2 atom stereocenters. The van der Waals surface area contributed by atoms with Crippen LogP contribution in [0.5, 0.6) is 0 Å². The van der Waals surface area contributed by atoms with Gasteiger partial charge in [0.1, 0.15) is 0 Å². The summed E-state index contributed by atoms with van der Waals surface area (Å²) in [7, 11) is 0. The predicted octanol–water partition coefficient (Wildman–Crippen LogP) is 2.59. The molecule has 0 bridgehead atoms. The molecule has 0 saturated carbocycles. The molecule has 0 aromatic heterocycles. The number of thioether (sulfide) groups is 1. The second-order valence-electron chi connectivity index (χ2n) is 5.30. The summed E-state index contributed by atoms with van der Waals surface area (Å²) in [5.41, 5.74) is 0.324. The predicted molar refractivity (Wildman–Crippen MR) is 75.3 cm³/mol. The Kier molecular flexibility index (Phi) is 6.16. The van der Waals surface area contributed by atoms with Crippen molar-refractivity contribution in [1.29, 1.82) is 0 Å². The van der Waals surface area contributed by atoms with E-state index in [1.54, 1.807) is 0 Å². The molecule has 1 N–H and O–H groups in total. The lowest BCUT2D eigenvalue weighted by molar-refractivity contribution is 0.172. The minimum Gasteiger partial charge on any atom is -0.310 e. The zero-order valence-electron chi connectivity index (χ0n) is 11.4. The molecule has 0 spiro atoms. The van der Waals surface area contributed by atoms with Crippen molar-refractivity contribution in [2.45, 2.75) is 51.6 Å². The van der Waals surface area contributed by atoms with Crippen LogP contribution < -0.4 is 5.32 Å². The van der Waals surface area contributed by atoms with Gasteiger partial charge in [-0.3, -0.25) is 4.90 Å². The van der Waals surface area contributed by atoms with Crippen molar-refractivity contribution in [2.75, 3.05) is 31.6 Å². The van der Waals surface area contributed by atoms with E-state index in [1.165, 1.54) is 44.6 Å². The van der Waals surface area contributed by atoms with Crippen molar-refractivity contribution in [3.8, 4) is 0 Å². The first kappa shape index (κ1) is 14.3. The van der Waals surface area contributed by atoms with Crippen LogP contribution in [0.3, 0.4) is 0 Å². The first-order chi connectivity index (χ1) is 7.61. The number of hydrogen-bond acceptors (Lipinski definition) is 3. The standard InChI is InChI=1S/C13H28N2S/c1-5-13(3)11-15(9-6-10-16-4)12(2)7-8-14-13/h12,14H,5-11H2,1-4H3. The van der Waals surface area contributed by atoms with Crippen molar-refractivity contribution in [1.82, 2.24) is 10.2 Å². The fraction of sp³-hybridized carbons (Fsp3) is 1.00. The van der Waals surface area contributed by atoms with Gasteiger partial charge >= 0.3 is 0 Å². The van der Waals surface area contributed by atoms with E-state index >= 15 is 0 Å². The third kappa shape index (κ3) is 4.27. The first-order valence-corrected chi connectivity index (χ1v) is 7.98. The maximum absolute atomic E-state index is 3.71. The Balaban J connectivity index is 2.49. The Hall–Kier alpha value is 0.270. The van der Waals surface area contributed by atoms with Crippen molar-refractivity contribution < 1.29 is 0 Å². The molecule has 0 amide bonds. The summed E-state index contributed by atoms with van der Waals surface area (Å²) in [6.45, 7) is 10.7. The van der Waals surface area contributed by atoms with Gasteiger partial charge in [-0.15, -0.1) is 0 Å². The molecule has 16 heavy (non-hydrogen) atoms. The van der Waals surface area contributed by atoms with E-state index in [9.17, 15) is 0 Å². The lowest BCUT2D eigenvalue weighted by atomic mass is 9.98. The molecule has 0 aromatic carbocycles. The van der Waals surface area contributed by atoms with Crippen LogP contribution in [0.2, 0.25) is 0 Å². The van der Waals surface area contributed by atoms with Gasteiger partial charge in [0.25, 0.3) is 0 Å². The monoisotopic (exact) mass is 244 g/mol. The third-order valence-corrected chi connectivity index (χ3v) is 4.56. The van der Waals surface area contributed by atoms with E-state index < -0.39 is 0 Å². The van der Waals surface area contributed by atoms with Gasteiger partial charge in [0.2, 0.25) is 0 Å². The Morgan fingerprint density at radius 3 is 2.88 bits per heavy atom. The second-order valence-corrected chi connectivity index (χ2v) is 6.28. The molecule has 1 saturated heterocycles. The molecule has 0 aliphatic carbocycles. The van der Waals surface area contributed by atoms with Crippen LogP contribution in [0.1, 0.15) is 40.0 Å². The normalized spacial score (nSPS) is 32.6. The van der Waals surface area contributed by atoms with E-state index in [4.69, 9.17) is 0 Å². The molecule has 1 rings (SSSR count). The topological polar surface area (TPSA) is 15.3 Å². The van der Waals surface area contributed by atoms with Crippen LogP contribution in [0, 0.1) is 0 Å². The molecule has 1 aliphatic heterocycles. The number of nitrogens with zero attached hydrogens (tertiary/aromatic N) is 1. The highest BCUT2D eigenvalue weighted by atomic mass is 32.2. The summed E-state index contributed by atoms with van der Waals surface area (Å²) >= 11 is 1.96. The van der Waals surface area contributed by atoms with Gasteiger partial charge in [-0.1, -0.05) is 6.92 Å². The van der Waals surface area contributed by atoms with Gasteiger partial charge in [0, 0.05) is 18.1 Å². The van der Waals surface area contributed by atoms with Gasteiger partial charge in [-0.05, 0) is 58.2 Å². The van der Waals surface area contributed by atoms with Gasteiger partial charge in [-0.25, -0.2) is 0 Å². The average Bonchev–Trinajstić information content (AvgIpc) is 2.41. The van der Waals surface area contributed by atoms with Crippen LogP contribution in [0.25, 0.3) is 0 Å². The van der Waals surface area contributed by atoms with Gasteiger partial charge < -0.3 is 5.32 Å². The molecule has 2 nitrogen and oxygen atoms in total. The summed E-state index contributed by atoms with van der Waals surface area (Å²) in [6, 6.07) is 0.739. The second kappa shape index (κ2) is 6.87. The van der Waals surface area contributed by atoms with E-state index in [0.717, 1.165) is 6.04 Å². The highest BCUT2D eigenvalue weighted by Gasteiger charge is 2.29. The highest BCUT2D eigenvalue weighted by Crippen LogP contribution is 2.19. The summed E-state index contributed by atoms with van der Waals surface area (Å²) in [5.74, 6) is 1.29. The molecule has 1 aliphatic rings. The van der Waals surface area contributed by atoms with Gasteiger partial charge in [-0.2, -0.15) is 11.8 Å². The maximum Gasteiger partial charge on any atom is 0.0277 e. The van der Waals surface area contributed by atoms with Crippen LogP contribution in [-0.4, -0.2) is 48.1 Å². The van der Waals surface area contributed by atoms with Crippen molar-refractivity contribution in [3.63, 3.8) is 0 Å². The van der Waals surface area contributed by atoms with E-state index in [0.29, 0.717) is 5.54 Å². The smallest absolute Gasteiger partial charge is 0.0277 e. The zero-order valence-corrected chi connectivity index (χ0v) is 12.2. The minimum absolute atomic E-state index is 0.324. The summed E-state index contributed by atoms with van der Waals surface area (Å²) in [6.07, 6.45) is 6.03. The summed E-state index contributed by atoms with van der Waals surface area (Å²) in [4.78, 5) is 2.68. The van der Waals surface area contributed by atoms with Crippen molar-refractivity contribution in [3.05, 3.63) is 0 Å². The fourth-order valence-corrected chi connectivity index (χ4v) is 2.79. The minimum atomic E-state index is 0.324. The third-order valence-electron chi connectivity index (χ3n) is 3.86. The lowest BCUT2D eigenvalue weighted by Gasteiger charge is -2.34. The van der Waals surface area contributed by atoms with Crippen LogP contribution in [-0.2, 0) is 0 Å². The molecule has 96 valence electrons. The molecular formula is C13H28N2S. The molecule has 3 heteroatoms. The number of nitrogens with one attached hydrogen (secondary N) is 1. The Bertz CT molecular complexity index is 198. The molecule has 1 fully saturated rings. The lowest BCUT2D eigenvalue weighted by Crippen LogP contribution is -2.49. The van der Waals surface area contributed by atoms with E-state index in [2.05, 4.69) is 37.2 Å². The number of hydrogen-bond donors (Lipinski definition) is 1. The van der Waals surface area contributed by atoms with Crippen LogP contribution >= 0.6 is 11.8 Å². The number of rotatable bonds is 5. The highest BCUT2D eigenvalue weighted by molar-refractivity contribution is 7.98. The van der Waals surface area contributed by atoms with Crippen LogP contribution in [0.15, 0.2) is 0 Å². The largest absolute Gasteiger partial charge is 0.310 e. The van der Waals surface area contributed by atoms with Gasteiger partial charge in [0.15, 0.2) is 0 Å². The molecule has 0 radical (unpaired) electrons. The Morgan fingerprint density at radius 1 is 1.50 bits per heavy atom. The fourth-order valence-electron chi connectivity index (χ4n) is 2.37. The Morgan fingerprint density at radius 2 is 2.25 bits per heavy atom. The first-order valence-electron chi connectivity index (χ1n) is 6.59. The summed E-state index contributed by atoms with van der Waals surface area (Å²) < 4.78 is 0. The molecule has 2 unspecified atom stereocenters. The van der Waals surface area contributed by atoms with Crippen LogP contribution in [0.4, 0.5) is 0 Å². The van der Waals surface area contributed by atoms with Gasteiger partial charge in [0.05, 0.1) is 0 Å². The summed E-state index contributed by atoms with van der Waals surface area (Å²) in [5, 5.41) is 3.71. The molecular weight excluding hydrogens is 216 g/mol. The average molecular weight is 244 g/mol. The van der Waals surface area contributed by atoms with E-state index in [-0.39, 0.29) is 0 Å². The SMILES string of the molecule is CCC1(C)CN(CCCSC)C(C)CCN1. The maximum atomic E-state index is 3.71.